The Balaban J connectivity index is 4.00. The van der Waals surface area contributed by atoms with Gasteiger partial charge in [-0.2, -0.15) is 0 Å². The van der Waals surface area contributed by atoms with Crippen molar-refractivity contribution in [2.75, 3.05) is 0 Å². The number of carbonyl (C=O) groups is 1. The van der Waals surface area contributed by atoms with E-state index in [1.165, 1.54) is 20.3 Å². The molecule has 0 aliphatic rings. The first kappa shape index (κ1) is 7.94. The van der Waals surface area contributed by atoms with Crippen LogP contribution in [0.3, 0.4) is 0 Å². The molecular formula is C5H8NO3. The number of rotatable bonds is 3. The van der Waals surface area contributed by atoms with Gasteiger partial charge in [-0.05, 0) is 13.8 Å². The van der Waals surface area contributed by atoms with E-state index < -0.39 is 11.5 Å². The number of hydrogen-bond donors (Lipinski definition) is 2. The molecule has 51 valence electrons. The third kappa shape index (κ3) is 2.12. The maximum absolute atomic E-state index is 10.2. The fourth-order valence-electron chi connectivity index (χ4n) is 0.181. The van der Waals surface area contributed by atoms with Crippen molar-refractivity contribution in [3.05, 3.63) is 0 Å². The highest BCUT2D eigenvalue weighted by atomic mass is 16.4. The van der Waals surface area contributed by atoms with Gasteiger partial charge in [0.1, 0.15) is 5.54 Å². The van der Waals surface area contributed by atoms with E-state index in [0.29, 0.717) is 0 Å². The van der Waals surface area contributed by atoms with Crippen molar-refractivity contribution < 1.29 is 14.7 Å². The SMILES string of the molecule is CC(C)(N[C]=O)C(=O)O. The zero-order chi connectivity index (χ0) is 7.49. The highest BCUT2D eigenvalue weighted by molar-refractivity contribution is 5.80. The summed E-state index contributed by atoms with van der Waals surface area (Å²) in [5, 5.41) is 10.3. The van der Waals surface area contributed by atoms with Gasteiger partial charge in [0.25, 0.3) is 0 Å². The summed E-state index contributed by atoms with van der Waals surface area (Å²) in [5.41, 5.74) is -1.21. The maximum Gasteiger partial charge on any atom is 0.328 e. The Morgan fingerprint density at radius 3 is 2.22 bits per heavy atom. The van der Waals surface area contributed by atoms with Crippen LogP contribution in [0.4, 0.5) is 0 Å². The molecule has 9 heavy (non-hydrogen) atoms. The lowest BCUT2D eigenvalue weighted by Crippen LogP contribution is -2.45. The standard InChI is InChI=1S/C5H8NO3/c1-5(2,4(8)9)6-3-7/h1-2H3,(H,6,7)(H,8,9). The molecule has 0 aliphatic heterocycles. The number of carboxylic acid groups (broad SMARTS) is 1. The highest BCUT2D eigenvalue weighted by Crippen LogP contribution is 1.98. The molecule has 0 saturated carbocycles. The van der Waals surface area contributed by atoms with Crippen LogP contribution in [-0.2, 0) is 9.59 Å². The van der Waals surface area contributed by atoms with Gasteiger partial charge in [-0.1, -0.05) is 0 Å². The van der Waals surface area contributed by atoms with Crippen LogP contribution in [-0.4, -0.2) is 23.0 Å². The third-order valence-electron chi connectivity index (χ3n) is 0.898. The predicted octanol–water partition coefficient (Wildman–Crippen LogP) is -0.494. The average Bonchev–Trinajstić information content (AvgIpc) is 1.65. The van der Waals surface area contributed by atoms with Crippen molar-refractivity contribution in [2.24, 2.45) is 0 Å². The Morgan fingerprint density at radius 1 is 1.67 bits per heavy atom. The molecule has 0 spiro atoms. The molecule has 0 unspecified atom stereocenters. The van der Waals surface area contributed by atoms with E-state index in [9.17, 15) is 9.59 Å². The van der Waals surface area contributed by atoms with Crippen molar-refractivity contribution in [1.29, 1.82) is 0 Å². The Hall–Kier alpha value is -1.06. The average molecular weight is 130 g/mol. The van der Waals surface area contributed by atoms with Gasteiger partial charge in [0.2, 0.25) is 0 Å². The summed E-state index contributed by atoms with van der Waals surface area (Å²) in [4.78, 5) is 19.8. The second-order valence-corrected chi connectivity index (χ2v) is 2.16. The Bertz CT molecular complexity index is 130. The van der Waals surface area contributed by atoms with E-state index in [4.69, 9.17) is 5.11 Å². The van der Waals surface area contributed by atoms with Crippen LogP contribution >= 0.6 is 0 Å². The van der Waals surface area contributed by atoms with Gasteiger partial charge in [0, 0.05) is 0 Å². The summed E-state index contributed by atoms with van der Waals surface area (Å²) < 4.78 is 0. The lowest BCUT2D eigenvalue weighted by Gasteiger charge is -2.15. The Morgan fingerprint density at radius 2 is 2.11 bits per heavy atom. The lowest BCUT2D eigenvalue weighted by molar-refractivity contribution is -0.142. The number of nitrogens with one attached hydrogen (secondary N) is 1. The van der Waals surface area contributed by atoms with Crippen molar-refractivity contribution in [2.45, 2.75) is 19.4 Å². The van der Waals surface area contributed by atoms with Crippen LogP contribution in [0.1, 0.15) is 13.8 Å². The quantitative estimate of drug-likeness (QED) is 0.506. The monoisotopic (exact) mass is 130 g/mol. The summed E-state index contributed by atoms with van der Waals surface area (Å²) in [5.74, 6) is -1.08. The van der Waals surface area contributed by atoms with E-state index in [-0.39, 0.29) is 0 Å². The molecule has 0 aromatic heterocycles. The van der Waals surface area contributed by atoms with Gasteiger partial charge in [-0.25, -0.2) is 4.79 Å². The van der Waals surface area contributed by atoms with Gasteiger partial charge >= 0.3 is 12.4 Å². The molecule has 0 heterocycles. The molecule has 2 N–H and O–H groups in total. The summed E-state index contributed by atoms with van der Waals surface area (Å²) in [6.45, 7) is 2.75. The molecule has 0 aromatic carbocycles. The second-order valence-electron chi connectivity index (χ2n) is 2.16. The van der Waals surface area contributed by atoms with Crippen LogP contribution in [0.15, 0.2) is 0 Å². The predicted molar refractivity (Wildman–Crippen MR) is 30.5 cm³/mol. The van der Waals surface area contributed by atoms with Crippen molar-refractivity contribution in [3.8, 4) is 0 Å². The van der Waals surface area contributed by atoms with E-state index in [2.05, 4.69) is 0 Å². The minimum atomic E-state index is -1.21. The molecule has 1 radical (unpaired) electrons. The van der Waals surface area contributed by atoms with Crippen molar-refractivity contribution in [3.63, 3.8) is 0 Å². The van der Waals surface area contributed by atoms with Gasteiger partial charge < -0.3 is 10.4 Å². The summed E-state index contributed by atoms with van der Waals surface area (Å²) >= 11 is 0. The van der Waals surface area contributed by atoms with Gasteiger partial charge in [-0.15, -0.1) is 0 Å². The lowest BCUT2D eigenvalue weighted by atomic mass is 10.1. The fraction of sp³-hybridized carbons (Fsp3) is 0.600. The smallest absolute Gasteiger partial charge is 0.328 e. The first-order valence-corrected chi connectivity index (χ1v) is 2.38. The molecule has 4 heteroatoms. The first-order valence-electron chi connectivity index (χ1n) is 2.38. The molecule has 0 rings (SSSR count). The van der Waals surface area contributed by atoms with E-state index in [1.807, 2.05) is 5.32 Å². The second kappa shape index (κ2) is 2.48. The van der Waals surface area contributed by atoms with Crippen molar-refractivity contribution in [1.82, 2.24) is 5.32 Å². The Kier molecular flexibility index (Phi) is 2.19. The normalized spacial score (nSPS) is 10.4. The molecule has 0 saturated heterocycles. The van der Waals surface area contributed by atoms with Crippen LogP contribution in [0.25, 0.3) is 0 Å². The molecule has 0 bridgehead atoms. The number of amides is 1. The zero-order valence-electron chi connectivity index (χ0n) is 5.26. The Labute approximate surface area is 52.9 Å². The molecule has 1 amide bonds. The zero-order valence-corrected chi connectivity index (χ0v) is 5.26. The number of hydrogen-bond acceptors (Lipinski definition) is 2. The van der Waals surface area contributed by atoms with E-state index in [1.54, 1.807) is 0 Å². The van der Waals surface area contributed by atoms with Gasteiger partial charge in [0.05, 0.1) is 0 Å². The molecule has 0 fully saturated rings. The number of carbonyl (C=O) groups excluding carboxylic acids is 1. The van der Waals surface area contributed by atoms with E-state index >= 15 is 0 Å². The molecular weight excluding hydrogens is 122 g/mol. The highest BCUT2D eigenvalue weighted by Gasteiger charge is 2.25. The third-order valence-corrected chi connectivity index (χ3v) is 0.898. The minimum Gasteiger partial charge on any atom is -0.480 e. The number of aliphatic carboxylic acids is 1. The largest absolute Gasteiger partial charge is 0.480 e. The topological polar surface area (TPSA) is 66.4 Å². The first-order chi connectivity index (χ1) is 4.00. The van der Waals surface area contributed by atoms with Crippen molar-refractivity contribution >= 4 is 12.4 Å². The molecule has 0 aromatic rings. The van der Waals surface area contributed by atoms with Crippen LogP contribution in [0.5, 0.6) is 0 Å². The minimum absolute atomic E-state index is 1.08. The summed E-state index contributed by atoms with van der Waals surface area (Å²) in [7, 11) is 0. The summed E-state index contributed by atoms with van der Waals surface area (Å²) in [6, 6.07) is 0. The summed E-state index contributed by atoms with van der Waals surface area (Å²) in [6.07, 6.45) is 1.31. The van der Waals surface area contributed by atoms with Gasteiger partial charge in [0.15, 0.2) is 0 Å². The molecule has 0 atom stereocenters. The van der Waals surface area contributed by atoms with E-state index in [0.717, 1.165) is 0 Å². The maximum atomic E-state index is 10.2. The fourth-order valence-corrected chi connectivity index (χ4v) is 0.181. The van der Waals surface area contributed by atoms with Crippen LogP contribution in [0, 0.1) is 0 Å². The van der Waals surface area contributed by atoms with Crippen LogP contribution in [0.2, 0.25) is 0 Å². The van der Waals surface area contributed by atoms with Gasteiger partial charge in [-0.3, -0.25) is 4.79 Å². The molecule has 0 aliphatic carbocycles. The number of carboxylic acids is 1. The molecule has 4 nitrogen and oxygen atoms in total. The van der Waals surface area contributed by atoms with Crippen LogP contribution < -0.4 is 5.32 Å².